The Morgan fingerprint density at radius 2 is 2.00 bits per heavy atom. The van der Waals surface area contributed by atoms with Crippen LogP contribution in [0.5, 0.6) is 0 Å². The Balaban J connectivity index is 2.85. The summed E-state index contributed by atoms with van der Waals surface area (Å²) in [5, 5.41) is 0. The molecule has 0 saturated carbocycles. The van der Waals surface area contributed by atoms with Crippen LogP contribution < -0.4 is 5.73 Å². The zero-order valence-electron chi connectivity index (χ0n) is 5.54. The number of benzene rings is 1. The molecule has 1 nitrogen and oxygen atoms in total. The Labute approximate surface area is 50.5 Å². The van der Waals surface area contributed by atoms with E-state index < -0.39 is 6.52 Å². The van der Waals surface area contributed by atoms with E-state index in [4.69, 9.17) is 7.10 Å². The summed E-state index contributed by atoms with van der Waals surface area (Å²) < 4.78 is 7.10. The third kappa shape index (κ3) is 1.07. The van der Waals surface area contributed by atoms with Gasteiger partial charge in [-0.2, -0.15) is 0 Å². The second-order valence-corrected chi connectivity index (χ2v) is 1.58. The van der Waals surface area contributed by atoms with Crippen LogP contribution in [0, 0.1) is 0 Å². The van der Waals surface area contributed by atoms with Gasteiger partial charge in [-0.05, 0) is 5.56 Å². The highest BCUT2D eigenvalue weighted by molar-refractivity contribution is 5.13. The molecule has 42 valence electrons. The molecule has 0 spiro atoms. The molecular formula is C7H9N. The second kappa shape index (κ2) is 2.48. The van der Waals surface area contributed by atoms with Crippen molar-refractivity contribution in [2.45, 2.75) is 6.52 Å². The fourth-order valence-corrected chi connectivity index (χ4v) is 0.564. The first kappa shape index (κ1) is 4.10. The Kier molecular flexibility index (Phi) is 1.27. The molecule has 0 aromatic heterocycles. The molecule has 0 aliphatic heterocycles. The van der Waals surface area contributed by atoms with Crippen molar-refractivity contribution in [3.8, 4) is 0 Å². The SMILES string of the molecule is [2H][C@@H](N)c1ccccc1. The van der Waals surface area contributed by atoms with Gasteiger partial charge in [0.1, 0.15) is 0 Å². The van der Waals surface area contributed by atoms with Gasteiger partial charge in [0.25, 0.3) is 0 Å². The summed E-state index contributed by atoms with van der Waals surface area (Å²) in [5.74, 6) is 0. The van der Waals surface area contributed by atoms with Gasteiger partial charge in [-0.1, -0.05) is 30.3 Å². The van der Waals surface area contributed by atoms with Crippen LogP contribution in [0.2, 0.25) is 0 Å². The van der Waals surface area contributed by atoms with E-state index in [9.17, 15) is 0 Å². The fraction of sp³-hybridized carbons (Fsp3) is 0.143. The topological polar surface area (TPSA) is 26.0 Å². The summed E-state index contributed by atoms with van der Waals surface area (Å²) in [7, 11) is 0. The molecule has 1 rings (SSSR count). The predicted octanol–water partition coefficient (Wildman–Crippen LogP) is 1.15. The van der Waals surface area contributed by atoms with E-state index in [2.05, 4.69) is 0 Å². The molecule has 1 aromatic rings. The average Bonchev–Trinajstić information content (AvgIpc) is 1.90. The van der Waals surface area contributed by atoms with Gasteiger partial charge in [0.05, 0.1) is 0 Å². The van der Waals surface area contributed by atoms with Gasteiger partial charge in [0.2, 0.25) is 0 Å². The quantitative estimate of drug-likeness (QED) is 0.573. The Bertz CT molecular complexity index is 172. The lowest BCUT2D eigenvalue weighted by atomic mass is 10.2. The average molecular weight is 108 g/mol. The molecular weight excluding hydrogens is 98.1 g/mol. The molecule has 0 aliphatic carbocycles. The van der Waals surface area contributed by atoms with Crippen LogP contribution in [0.25, 0.3) is 0 Å². The van der Waals surface area contributed by atoms with Crippen LogP contribution in [-0.2, 0) is 6.52 Å². The van der Waals surface area contributed by atoms with Gasteiger partial charge in [-0.25, -0.2) is 0 Å². The first-order valence-corrected chi connectivity index (χ1v) is 2.53. The van der Waals surface area contributed by atoms with Crippen LogP contribution in [0.1, 0.15) is 6.93 Å². The summed E-state index contributed by atoms with van der Waals surface area (Å²) in [6, 6.07) is 9.36. The maximum absolute atomic E-state index is 7.10. The van der Waals surface area contributed by atoms with Crippen molar-refractivity contribution in [3.63, 3.8) is 0 Å². The molecule has 1 atom stereocenters. The van der Waals surface area contributed by atoms with Gasteiger partial charge in [0, 0.05) is 7.89 Å². The Morgan fingerprint density at radius 1 is 1.38 bits per heavy atom. The van der Waals surface area contributed by atoms with Crippen molar-refractivity contribution in [3.05, 3.63) is 35.9 Å². The smallest absolute Gasteiger partial charge is 0.0477 e. The third-order valence-electron chi connectivity index (χ3n) is 0.992. The molecule has 2 N–H and O–H groups in total. The van der Waals surface area contributed by atoms with Crippen LogP contribution in [0.3, 0.4) is 0 Å². The van der Waals surface area contributed by atoms with Crippen molar-refractivity contribution in [2.24, 2.45) is 5.73 Å². The minimum Gasteiger partial charge on any atom is -0.326 e. The van der Waals surface area contributed by atoms with Gasteiger partial charge in [0.15, 0.2) is 0 Å². The zero-order valence-corrected chi connectivity index (χ0v) is 4.54. The van der Waals surface area contributed by atoms with Crippen molar-refractivity contribution in [1.82, 2.24) is 0 Å². The van der Waals surface area contributed by atoms with E-state index >= 15 is 0 Å². The number of rotatable bonds is 1. The van der Waals surface area contributed by atoms with E-state index in [-0.39, 0.29) is 0 Å². The molecule has 0 saturated heterocycles. The van der Waals surface area contributed by atoms with E-state index in [1.54, 1.807) is 0 Å². The minimum atomic E-state index is -0.591. The fourth-order valence-electron chi connectivity index (χ4n) is 0.564. The largest absolute Gasteiger partial charge is 0.326 e. The lowest BCUT2D eigenvalue weighted by Crippen LogP contribution is -1.94. The highest BCUT2D eigenvalue weighted by Gasteiger charge is 1.80. The van der Waals surface area contributed by atoms with Crippen LogP contribution in [0.15, 0.2) is 30.3 Å². The van der Waals surface area contributed by atoms with Crippen molar-refractivity contribution in [1.29, 1.82) is 0 Å². The highest BCUT2D eigenvalue weighted by atomic mass is 14.5. The molecule has 0 unspecified atom stereocenters. The van der Waals surface area contributed by atoms with Crippen LogP contribution in [-0.4, -0.2) is 0 Å². The van der Waals surface area contributed by atoms with Gasteiger partial charge in [-0.15, -0.1) is 0 Å². The van der Waals surface area contributed by atoms with Crippen LogP contribution in [0.4, 0.5) is 0 Å². The standard InChI is InChI=1S/C7H9N/c8-6-7-4-2-1-3-5-7/h1-5H,6,8H2/i6D/t6-/m1/s1. The molecule has 0 aliphatic rings. The second-order valence-electron chi connectivity index (χ2n) is 1.58. The molecule has 1 heteroatoms. The molecule has 0 amide bonds. The van der Waals surface area contributed by atoms with E-state index in [0.29, 0.717) is 0 Å². The summed E-state index contributed by atoms with van der Waals surface area (Å²) in [6.07, 6.45) is 0. The minimum absolute atomic E-state index is 0.591. The molecule has 0 radical (unpaired) electrons. The number of nitrogens with two attached hydrogens (primary N) is 1. The summed E-state index contributed by atoms with van der Waals surface area (Å²) in [5.41, 5.74) is 6.14. The van der Waals surface area contributed by atoms with Gasteiger partial charge >= 0.3 is 0 Å². The molecule has 0 heterocycles. The third-order valence-corrected chi connectivity index (χ3v) is 0.992. The maximum Gasteiger partial charge on any atom is 0.0477 e. The van der Waals surface area contributed by atoms with Crippen LogP contribution >= 0.6 is 0 Å². The molecule has 0 bridgehead atoms. The summed E-state index contributed by atoms with van der Waals surface area (Å²) in [6.45, 7) is -0.591. The zero-order chi connectivity index (χ0) is 6.69. The maximum atomic E-state index is 7.10. The van der Waals surface area contributed by atoms with Crippen molar-refractivity contribution >= 4 is 0 Å². The number of hydrogen-bond acceptors (Lipinski definition) is 1. The molecule has 8 heavy (non-hydrogen) atoms. The normalized spacial score (nSPS) is 14.9. The Hall–Kier alpha value is -0.820. The molecule has 0 fully saturated rings. The van der Waals surface area contributed by atoms with E-state index in [1.807, 2.05) is 30.3 Å². The van der Waals surface area contributed by atoms with Gasteiger partial charge < -0.3 is 5.73 Å². The van der Waals surface area contributed by atoms with Crippen molar-refractivity contribution < 1.29 is 1.37 Å². The summed E-state index contributed by atoms with van der Waals surface area (Å²) >= 11 is 0. The number of hydrogen-bond donors (Lipinski definition) is 1. The molecule has 1 aromatic carbocycles. The van der Waals surface area contributed by atoms with Crippen molar-refractivity contribution in [2.75, 3.05) is 0 Å². The Morgan fingerprint density at radius 3 is 2.38 bits per heavy atom. The lowest BCUT2D eigenvalue weighted by Gasteiger charge is -1.90. The predicted molar refractivity (Wildman–Crippen MR) is 34.3 cm³/mol. The monoisotopic (exact) mass is 108 g/mol. The van der Waals surface area contributed by atoms with Gasteiger partial charge in [-0.3, -0.25) is 0 Å². The first-order chi connectivity index (χ1) is 4.30. The first-order valence-electron chi connectivity index (χ1n) is 3.11. The lowest BCUT2D eigenvalue weighted by molar-refractivity contribution is 1.07. The van der Waals surface area contributed by atoms with E-state index in [1.165, 1.54) is 0 Å². The summed E-state index contributed by atoms with van der Waals surface area (Å²) in [4.78, 5) is 0. The highest BCUT2D eigenvalue weighted by Crippen LogP contribution is 1.94. The van der Waals surface area contributed by atoms with E-state index in [0.717, 1.165) is 5.56 Å².